The van der Waals surface area contributed by atoms with E-state index in [4.69, 9.17) is 4.98 Å². The second-order valence-electron chi connectivity index (χ2n) is 6.98. The monoisotopic (exact) mass is 363 g/mol. The second-order valence-corrected chi connectivity index (χ2v) is 6.98. The first-order valence-corrected chi connectivity index (χ1v) is 9.40. The van der Waals surface area contributed by atoms with Crippen LogP contribution < -0.4 is 5.32 Å². The van der Waals surface area contributed by atoms with Crippen LogP contribution in [0.3, 0.4) is 0 Å². The number of rotatable bonds is 4. The van der Waals surface area contributed by atoms with Crippen LogP contribution in [0.1, 0.15) is 11.4 Å². The van der Waals surface area contributed by atoms with Crippen molar-refractivity contribution in [2.24, 2.45) is 7.05 Å². The van der Waals surface area contributed by atoms with E-state index < -0.39 is 0 Å². The largest absolute Gasteiger partial charge is 0.334 e. The van der Waals surface area contributed by atoms with E-state index in [0.29, 0.717) is 6.54 Å². The molecule has 6 heteroatoms. The number of carbonyl (C=O) groups excluding carboxylic acids is 1. The van der Waals surface area contributed by atoms with Crippen molar-refractivity contribution in [3.63, 3.8) is 0 Å². The van der Waals surface area contributed by atoms with Crippen LogP contribution in [-0.2, 0) is 20.1 Å². The van der Waals surface area contributed by atoms with Gasteiger partial charge in [-0.05, 0) is 17.7 Å². The average Bonchev–Trinajstić information content (AvgIpc) is 3.03. The molecule has 27 heavy (non-hydrogen) atoms. The molecular formula is C21H25N5O. The molecule has 1 N–H and O–H groups in total. The molecule has 6 nitrogen and oxygen atoms in total. The van der Waals surface area contributed by atoms with E-state index in [1.165, 1.54) is 0 Å². The Morgan fingerprint density at radius 3 is 2.44 bits per heavy atom. The van der Waals surface area contributed by atoms with E-state index >= 15 is 0 Å². The molecule has 1 aliphatic heterocycles. The topological polar surface area (TPSA) is 53.4 Å². The molecule has 2 aromatic carbocycles. The summed E-state index contributed by atoms with van der Waals surface area (Å²) in [6, 6.07) is 18.2. The van der Waals surface area contributed by atoms with Crippen LogP contribution >= 0.6 is 0 Å². The molecule has 1 saturated heterocycles. The Kier molecular flexibility index (Phi) is 5.07. The molecule has 0 aliphatic carbocycles. The molecular weight excluding hydrogens is 338 g/mol. The SMILES string of the molecule is Cn1c(CN2CCN(C(=O)NCc3ccccc3)CC2)nc2ccccc21. The highest BCUT2D eigenvalue weighted by Crippen LogP contribution is 2.16. The third-order valence-corrected chi connectivity index (χ3v) is 5.19. The predicted molar refractivity (Wildman–Crippen MR) is 106 cm³/mol. The molecule has 0 spiro atoms. The van der Waals surface area contributed by atoms with Crippen LogP contribution in [0.5, 0.6) is 0 Å². The maximum Gasteiger partial charge on any atom is 0.317 e. The molecule has 3 aromatic rings. The summed E-state index contributed by atoms with van der Waals surface area (Å²) in [5, 5.41) is 3.01. The van der Waals surface area contributed by atoms with Crippen LogP contribution in [0.2, 0.25) is 0 Å². The van der Waals surface area contributed by atoms with Gasteiger partial charge in [0.15, 0.2) is 0 Å². The number of fused-ring (bicyclic) bond motifs is 1. The molecule has 0 bridgehead atoms. The number of aromatic nitrogens is 2. The van der Waals surface area contributed by atoms with Gasteiger partial charge in [0.25, 0.3) is 0 Å². The van der Waals surface area contributed by atoms with E-state index in [0.717, 1.165) is 55.1 Å². The van der Waals surface area contributed by atoms with Gasteiger partial charge in [0.1, 0.15) is 5.82 Å². The summed E-state index contributed by atoms with van der Waals surface area (Å²) in [6.45, 7) is 4.59. The number of hydrogen-bond acceptors (Lipinski definition) is 3. The van der Waals surface area contributed by atoms with Gasteiger partial charge in [-0.2, -0.15) is 0 Å². The maximum atomic E-state index is 12.4. The van der Waals surface area contributed by atoms with Crippen molar-refractivity contribution in [3.05, 3.63) is 66.0 Å². The highest BCUT2D eigenvalue weighted by Gasteiger charge is 2.22. The van der Waals surface area contributed by atoms with Gasteiger partial charge in [-0.1, -0.05) is 42.5 Å². The molecule has 0 atom stereocenters. The quantitative estimate of drug-likeness (QED) is 0.775. The van der Waals surface area contributed by atoms with Gasteiger partial charge in [0.05, 0.1) is 17.6 Å². The standard InChI is InChI=1S/C21H25N5O/c1-24-19-10-6-5-9-18(19)23-20(24)16-25-11-13-26(14-12-25)21(27)22-15-17-7-3-2-4-8-17/h2-10H,11-16H2,1H3,(H,22,27). The van der Waals surface area contributed by atoms with E-state index in [-0.39, 0.29) is 6.03 Å². The molecule has 1 fully saturated rings. The average molecular weight is 363 g/mol. The minimum Gasteiger partial charge on any atom is -0.334 e. The van der Waals surface area contributed by atoms with E-state index in [9.17, 15) is 4.79 Å². The number of amides is 2. The smallest absolute Gasteiger partial charge is 0.317 e. The van der Waals surface area contributed by atoms with Gasteiger partial charge in [-0.3, -0.25) is 4.90 Å². The Bertz CT molecular complexity index is 913. The lowest BCUT2D eigenvalue weighted by molar-refractivity contribution is 0.133. The molecule has 2 heterocycles. The first-order valence-electron chi connectivity index (χ1n) is 9.40. The zero-order valence-corrected chi connectivity index (χ0v) is 15.6. The molecule has 0 saturated carbocycles. The summed E-state index contributed by atoms with van der Waals surface area (Å²) in [5.74, 6) is 1.07. The van der Waals surface area contributed by atoms with Crippen molar-refractivity contribution in [1.82, 2.24) is 24.7 Å². The van der Waals surface area contributed by atoms with Crippen molar-refractivity contribution < 1.29 is 4.79 Å². The Morgan fingerprint density at radius 1 is 1.00 bits per heavy atom. The third kappa shape index (κ3) is 3.95. The molecule has 0 radical (unpaired) electrons. The van der Waals surface area contributed by atoms with Gasteiger partial charge >= 0.3 is 6.03 Å². The summed E-state index contributed by atoms with van der Waals surface area (Å²) in [5.41, 5.74) is 3.31. The third-order valence-electron chi connectivity index (χ3n) is 5.19. The highest BCUT2D eigenvalue weighted by molar-refractivity contribution is 5.75. The molecule has 1 aromatic heterocycles. The summed E-state index contributed by atoms with van der Waals surface area (Å²) >= 11 is 0. The number of aryl methyl sites for hydroxylation is 1. The van der Waals surface area contributed by atoms with Crippen LogP contribution in [0.25, 0.3) is 11.0 Å². The number of carbonyl (C=O) groups is 1. The summed E-state index contributed by atoms with van der Waals surface area (Å²) < 4.78 is 2.16. The fourth-order valence-electron chi connectivity index (χ4n) is 3.53. The predicted octanol–water partition coefficient (Wildman–Crippen LogP) is 2.60. The number of benzene rings is 2. The summed E-state index contributed by atoms with van der Waals surface area (Å²) in [4.78, 5) is 21.4. The Balaban J connectivity index is 1.29. The number of nitrogens with zero attached hydrogens (tertiary/aromatic N) is 4. The lowest BCUT2D eigenvalue weighted by Gasteiger charge is -2.34. The van der Waals surface area contributed by atoms with Gasteiger partial charge in [0.2, 0.25) is 0 Å². The second kappa shape index (κ2) is 7.80. The number of hydrogen-bond donors (Lipinski definition) is 1. The Morgan fingerprint density at radius 2 is 1.70 bits per heavy atom. The van der Waals surface area contributed by atoms with Crippen molar-refractivity contribution >= 4 is 17.1 Å². The van der Waals surface area contributed by atoms with E-state index in [1.54, 1.807) is 0 Å². The first-order chi connectivity index (χ1) is 13.2. The van der Waals surface area contributed by atoms with Crippen molar-refractivity contribution in [2.75, 3.05) is 26.2 Å². The number of para-hydroxylation sites is 2. The number of nitrogens with one attached hydrogen (secondary N) is 1. The van der Waals surface area contributed by atoms with Gasteiger partial charge in [-0.15, -0.1) is 0 Å². The molecule has 1 aliphatic rings. The van der Waals surface area contributed by atoms with E-state index in [2.05, 4.69) is 27.9 Å². The van der Waals surface area contributed by atoms with Crippen molar-refractivity contribution in [1.29, 1.82) is 0 Å². The first kappa shape index (κ1) is 17.5. The van der Waals surface area contributed by atoms with Crippen molar-refractivity contribution in [2.45, 2.75) is 13.1 Å². The lowest BCUT2D eigenvalue weighted by atomic mass is 10.2. The zero-order chi connectivity index (χ0) is 18.6. The number of imidazole rings is 1. The highest BCUT2D eigenvalue weighted by atomic mass is 16.2. The molecule has 4 rings (SSSR count). The number of urea groups is 1. The Hall–Kier alpha value is -2.86. The minimum absolute atomic E-state index is 0.0150. The van der Waals surface area contributed by atoms with Crippen LogP contribution in [0, 0.1) is 0 Å². The van der Waals surface area contributed by atoms with Gasteiger partial charge in [-0.25, -0.2) is 9.78 Å². The lowest BCUT2D eigenvalue weighted by Crippen LogP contribution is -2.51. The van der Waals surface area contributed by atoms with Gasteiger partial charge < -0.3 is 14.8 Å². The fourth-order valence-corrected chi connectivity index (χ4v) is 3.53. The molecule has 0 unspecified atom stereocenters. The summed E-state index contributed by atoms with van der Waals surface area (Å²) in [7, 11) is 2.07. The maximum absolute atomic E-state index is 12.4. The van der Waals surface area contributed by atoms with Crippen LogP contribution in [-0.4, -0.2) is 51.6 Å². The van der Waals surface area contributed by atoms with E-state index in [1.807, 2.05) is 53.4 Å². The van der Waals surface area contributed by atoms with Crippen molar-refractivity contribution in [3.8, 4) is 0 Å². The van der Waals surface area contributed by atoms with Crippen LogP contribution in [0.15, 0.2) is 54.6 Å². The fraction of sp³-hybridized carbons (Fsp3) is 0.333. The number of piperazine rings is 1. The van der Waals surface area contributed by atoms with Gasteiger partial charge in [0, 0.05) is 39.8 Å². The van der Waals surface area contributed by atoms with Crippen LogP contribution in [0.4, 0.5) is 4.79 Å². The molecule has 2 amide bonds. The minimum atomic E-state index is 0.0150. The summed E-state index contributed by atoms with van der Waals surface area (Å²) in [6.07, 6.45) is 0. The Labute approximate surface area is 159 Å². The zero-order valence-electron chi connectivity index (χ0n) is 15.6. The molecule has 140 valence electrons. The normalized spacial score (nSPS) is 15.2.